The summed E-state index contributed by atoms with van der Waals surface area (Å²) in [5.74, 6) is 0.531. The fourth-order valence-corrected chi connectivity index (χ4v) is 3.21. The molecule has 0 aliphatic carbocycles. The molecule has 1 N–H and O–H groups in total. The number of amides is 1. The molecule has 6 heteroatoms. The van der Waals surface area contributed by atoms with E-state index in [0.29, 0.717) is 25.1 Å². The van der Waals surface area contributed by atoms with E-state index >= 15 is 0 Å². The maximum Gasteiger partial charge on any atom is 0.219 e. The Morgan fingerprint density at radius 1 is 1.37 bits per heavy atom. The summed E-state index contributed by atoms with van der Waals surface area (Å²) in [5, 5.41) is 3.51. The van der Waals surface area contributed by atoms with Crippen molar-refractivity contribution in [3.63, 3.8) is 0 Å². The molecule has 1 atom stereocenters. The number of carbonyl (C=O) groups is 3. The molecule has 0 radical (unpaired) electrons. The Hall–Kier alpha value is -3.02. The molecule has 6 nitrogen and oxygen atoms in total. The van der Waals surface area contributed by atoms with Gasteiger partial charge in [-0.3, -0.25) is 4.79 Å². The van der Waals surface area contributed by atoms with E-state index in [9.17, 15) is 14.4 Å². The highest BCUT2D eigenvalue weighted by Crippen LogP contribution is 2.37. The normalized spacial score (nSPS) is 12.2. The van der Waals surface area contributed by atoms with Gasteiger partial charge in [-0.05, 0) is 37.5 Å². The van der Waals surface area contributed by atoms with Crippen molar-refractivity contribution in [2.24, 2.45) is 4.99 Å². The summed E-state index contributed by atoms with van der Waals surface area (Å²) in [6.07, 6.45) is 6.89. The van der Waals surface area contributed by atoms with Gasteiger partial charge in [0.2, 0.25) is 5.91 Å². The van der Waals surface area contributed by atoms with Gasteiger partial charge in [0.15, 0.2) is 0 Å². The average Bonchev–Trinajstić information content (AvgIpc) is 2.99. The summed E-state index contributed by atoms with van der Waals surface area (Å²) in [7, 11) is 1.58. The standard InChI is InChI=1S/C21H25N3O3/c1-4-17-18-13-15(7-6-12-25)8-10-19(18)24(21(17)23-5-2)16(14-26)9-11-20(27)22-3/h4-5,8,10,12-14,16H,1,6-7,9,11H2,2-3H3,(H,22,27)/b23-5-. The van der Waals surface area contributed by atoms with Crippen LogP contribution in [0.25, 0.3) is 17.0 Å². The number of aromatic nitrogens is 1. The lowest BCUT2D eigenvalue weighted by molar-refractivity contribution is -0.121. The molecule has 1 amide bonds. The Labute approximate surface area is 159 Å². The molecule has 0 aliphatic heterocycles. The number of hydrogen-bond donors (Lipinski definition) is 1. The van der Waals surface area contributed by atoms with Crippen molar-refractivity contribution in [2.75, 3.05) is 7.05 Å². The topological polar surface area (TPSA) is 80.5 Å². The summed E-state index contributed by atoms with van der Waals surface area (Å²) in [6, 6.07) is 5.39. The molecule has 27 heavy (non-hydrogen) atoms. The highest BCUT2D eigenvalue weighted by molar-refractivity contribution is 5.97. The monoisotopic (exact) mass is 367 g/mol. The fraction of sp³-hybridized carbons (Fsp3) is 0.333. The molecule has 142 valence electrons. The smallest absolute Gasteiger partial charge is 0.219 e. The Morgan fingerprint density at radius 3 is 2.74 bits per heavy atom. The van der Waals surface area contributed by atoms with E-state index in [0.717, 1.165) is 34.6 Å². The zero-order valence-corrected chi connectivity index (χ0v) is 15.8. The molecule has 0 spiro atoms. The molecule has 0 fully saturated rings. The van der Waals surface area contributed by atoms with Crippen LogP contribution in [-0.4, -0.2) is 36.3 Å². The maximum absolute atomic E-state index is 11.8. The minimum atomic E-state index is -0.516. The maximum atomic E-state index is 11.8. The summed E-state index contributed by atoms with van der Waals surface area (Å²) >= 11 is 0. The fourth-order valence-electron chi connectivity index (χ4n) is 3.21. The van der Waals surface area contributed by atoms with Crippen LogP contribution >= 0.6 is 0 Å². The number of aliphatic imine (C=N–C) groups is 1. The first-order valence-corrected chi connectivity index (χ1v) is 8.98. The summed E-state index contributed by atoms with van der Waals surface area (Å²) < 4.78 is 1.87. The number of nitrogens with zero attached hydrogens (tertiary/aromatic N) is 2. The van der Waals surface area contributed by atoms with Crippen LogP contribution in [0.1, 0.15) is 43.4 Å². The van der Waals surface area contributed by atoms with Crippen molar-refractivity contribution in [3.05, 3.63) is 35.9 Å². The third kappa shape index (κ3) is 4.39. The molecule has 1 aromatic carbocycles. The van der Waals surface area contributed by atoms with Crippen LogP contribution in [0.2, 0.25) is 0 Å². The lowest BCUT2D eigenvalue weighted by atomic mass is 10.1. The van der Waals surface area contributed by atoms with Gasteiger partial charge in [0, 0.05) is 37.1 Å². The third-order valence-corrected chi connectivity index (χ3v) is 4.52. The third-order valence-electron chi connectivity index (χ3n) is 4.52. The number of benzene rings is 1. The van der Waals surface area contributed by atoms with Crippen molar-refractivity contribution in [3.8, 4) is 0 Å². The van der Waals surface area contributed by atoms with E-state index in [1.54, 1.807) is 19.3 Å². The molecule has 1 aromatic heterocycles. The molecule has 0 saturated carbocycles. The number of fused-ring (bicyclic) bond motifs is 1. The van der Waals surface area contributed by atoms with Gasteiger partial charge in [-0.25, -0.2) is 4.99 Å². The molecule has 2 rings (SSSR count). The molecule has 2 aromatic rings. The zero-order valence-electron chi connectivity index (χ0n) is 15.8. The second-order valence-corrected chi connectivity index (χ2v) is 6.17. The second kappa shape index (κ2) is 9.62. The Kier molecular flexibility index (Phi) is 7.23. The van der Waals surface area contributed by atoms with Crippen LogP contribution in [0.3, 0.4) is 0 Å². The van der Waals surface area contributed by atoms with Crippen molar-refractivity contribution in [1.82, 2.24) is 9.88 Å². The van der Waals surface area contributed by atoms with E-state index in [-0.39, 0.29) is 12.3 Å². The van der Waals surface area contributed by atoms with E-state index in [4.69, 9.17) is 0 Å². The Balaban J connectivity index is 2.62. The predicted molar refractivity (Wildman–Crippen MR) is 109 cm³/mol. The number of nitrogens with one attached hydrogen (secondary N) is 1. The molecular formula is C21H25N3O3. The number of aldehydes is 2. The first-order chi connectivity index (χ1) is 13.1. The SMILES string of the molecule is C=Cc1c(/N=C\C)n(C(C=O)CCC(=O)NC)c2ccc(CCC=O)cc12. The number of rotatable bonds is 10. The number of aryl methyl sites for hydroxylation is 1. The molecule has 0 saturated heterocycles. The minimum absolute atomic E-state index is 0.112. The lowest BCUT2D eigenvalue weighted by Crippen LogP contribution is -2.20. The van der Waals surface area contributed by atoms with Gasteiger partial charge in [-0.2, -0.15) is 0 Å². The molecule has 0 bridgehead atoms. The summed E-state index contributed by atoms with van der Waals surface area (Å²) in [6.45, 7) is 5.72. The van der Waals surface area contributed by atoms with E-state index in [2.05, 4.69) is 16.9 Å². The highest BCUT2D eigenvalue weighted by atomic mass is 16.1. The zero-order chi connectivity index (χ0) is 19.8. The van der Waals surface area contributed by atoms with Gasteiger partial charge >= 0.3 is 0 Å². The van der Waals surface area contributed by atoms with Crippen molar-refractivity contribution in [2.45, 2.75) is 38.6 Å². The molecule has 1 unspecified atom stereocenters. The molecule has 0 aliphatic rings. The first kappa shape index (κ1) is 20.3. The van der Waals surface area contributed by atoms with Gasteiger partial charge in [-0.15, -0.1) is 0 Å². The van der Waals surface area contributed by atoms with Gasteiger partial charge in [0.25, 0.3) is 0 Å². The van der Waals surface area contributed by atoms with E-state index in [1.807, 2.05) is 29.7 Å². The van der Waals surface area contributed by atoms with Gasteiger partial charge in [0.05, 0.1) is 11.6 Å². The van der Waals surface area contributed by atoms with Crippen LogP contribution in [0.5, 0.6) is 0 Å². The van der Waals surface area contributed by atoms with Gasteiger partial charge < -0.3 is 19.5 Å². The number of hydrogen-bond acceptors (Lipinski definition) is 4. The van der Waals surface area contributed by atoms with Crippen molar-refractivity contribution >= 4 is 47.5 Å². The van der Waals surface area contributed by atoms with Crippen molar-refractivity contribution < 1.29 is 14.4 Å². The number of carbonyl (C=O) groups excluding carboxylic acids is 3. The second-order valence-electron chi connectivity index (χ2n) is 6.17. The van der Waals surface area contributed by atoms with Crippen molar-refractivity contribution in [1.29, 1.82) is 0 Å². The van der Waals surface area contributed by atoms with Gasteiger partial charge in [-0.1, -0.05) is 18.7 Å². The lowest BCUT2D eigenvalue weighted by Gasteiger charge is -2.16. The van der Waals surface area contributed by atoms with Crippen LogP contribution in [0, 0.1) is 0 Å². The molecule has 1 heterocycles. The van der Waals surface area contributed by atoms with Crippen LogP contribution in [0.4, 0.5) is 5.82 Å². The quantitative estimate of drug-likeness (QED) is 0.516. The highest BCUT2D eigenvalue weighted by Gasteiger charge is 2.22. The van der Waals surface area contributed by atoms with Crippen LogP contribution in [0.15, 0.2) is 29.8 Å². The molecular weight excluding hydrogens is 342 g/mol. The minimum Gasteiger partial charge on any atom is -0.359 e. The predicted octanol–water partition coefficient (Wildman–Crippen LogP) is 3.40. The average molecular weight is 367 g/mol. The van der Waals surface area contributed by atoms with E-state index in [1.165, 1.54) is 0 Å². The van der Waals surface area contributed by atoms with Crippen LogP contribution in [-0.2, 0) is 20.8 Å². The Bertz CT molecular complexity index is 880. The largest absolute Gasteiger partial charge is 0.359 e. The van der Waals surface area contributed by atoms with Gasteiger partial charge in [0.1, 0.15) is 18.4 Å². The summed E-state index contributed by atoms with van der Waals surface area (Å²) in [5.41, 5.74) is 2.73. The van der Waals surface area contributed by atoms with Crippen LogP contribution < -0.4 is 5.32 Å². The summed E-state index contributed by atoms with van der Waals surface area (Å²) in [4.78, 5) is 38.6. The Morgan fingerprint density at radius 2 is 2.15 bits per heavy atom. The van der Waals surface area contributed by atoms with E-state index < -0.39 is 6.04 Å². The first-order valence-electron chi connectivity index (χ1n) is 8.98.